The number of nitrogens with zero attached hydrogens (tertiary/aromatic N) is 3. The van der Waals surface area contributed by atoms with Gasteiger partial charge in [-0.15, -0.1) is 0 Å². The molecule has 0 spiro atoms. The van der Waals surface area contributed by atoms with Gasteiger partial charge in [0.05, 0.1) is 11.9 Å². The summed E-state index contributed by atoms with van der Waals surface area (Å²) in [6.07, 6.45) is -7.38. The Morgan fingerprint density at radius 2 is 1.55 bits per heavy atom. The van der Waals surface area contributed by atoms with E-state index in [-0.39, 0.29) is 16.9 Å². The number of fused-ring (bicyclic) bond motifs is 3. The molecule has 0 aliphatic heterocycles. The number of nitrogen functional groups attached to an aromatic ring is 1. The predicted octanol–water partition coefficient (Wildman–Crippen LogP) is 4.24. The lowest BCUT2D eigenvalue weighted by Gasteiger charge is -2.21. The van der Waals surface area contributed by atoms with Crippen LogP contribution in [0.2, 0.25) is 0 Å². The van der Waals surface area contributed by atoms with E-state index in [9.17, 15) is 40.4 Å². The molecular formula is C21H13F8N5O4. The molecule has 4 rings (SSSR count). The van der Waals surface area contributed by atoms with E-state index in [0.29, 0.717) is 29.7 Å². The van der Waals surface area contributed by atoms with Gasteiger partial charge in [-0.1, -0.05) is 12.1 Å². The van der Waals surface area contributed by atoms with Crippen molar-refractivity contribution in [2.24, 2.45) is 0 Å². The number of anilines is 1. The summed E-state index contributed by atoms with van der Waals surface area (Å²) in [6.45, 7) is 0. The Morgan fingerprint density at radius 1 is 1.00 bits per heavy atom. The van der Waals surface area contributed by atoms with Crippen LogP contribution in [0.25, 0.3) is 22.4 Å². The van der Waals surface area contributed by atoms with Gasteiger partial charge < -0.3 is 15.9 Å². The number of hydrogen-bond acceptors (Lipinski definition) is 6. The highest BCUT2D eigenvalue weighted by molar-refractivity contribution is 5.86. The number of alkyl halides is 6. The van der Waals surface area contributed by atoms with Gasteiger partial charge in [-0.25, -0.2) is 23.4 Å². The summed E-state index contributed by atoms with van der Waals surface area (Å²) in [5.41, 5.74) is 9.23. The van der Waals surface area contributed by atoms with Crippen LogP contribution in [0.1, 0.15) is 16.8 Å². The van der Waals surface area contributed by atoms with Crippen molar-refractivity contribution in [3.8, 4) is 28.5 Å². The van der Waals surface area contributed by atoms with Crippen LogP contribution >= 0.6 is 0 Å². The van der Waals surface area contributed by atoms with Crippen LogP contribution in [-0.4, -0.2) is 49.7 Å². The van der Waals surface area contributed by atoms with Crippen molar-refractivity contribution in [3.63, 3.8) is 0 Å². The van der Waals surface area contributed by atoms with Crippen LogP contribution in [-0.2, 0) is 22.4 Å². The van der Waals surface area contributed by atoms with Crippen LogP contribution in [0.15, 0.2) is 24.4 Å². The van der Waals surface area contributed by atoms with Crippen molar-refractivity contribution in [1.82, 2.24) is 15.2 Å². The maximum atomic E-state index is 14.4. The number of rotatable bonds is 1. The number of aliphatic carboxylic acids is 2. The molecule has 0 saturated carbocycles. The van der Waals surface area contributed by atoms with Crippen molar-refractivity contribution >= 4 is 17.8 Å². The zero-order valence-electron chi connectivity index (χ0n) is 18.4. The molecule has 17 heteroatoms. The fourth-order valence-corrected chi connectivity index (χ4v) is 3.17. The molecule has 0 amide bonds. The van der Waals surface area contributed by atoms with Crippen LogP contribution in [0, 0.1) is 23.0 Å². The number of H-pyrrole nitrogens is 1. The molecule has 2 aromatic heterocycles. The minimum absolute atomic E-state index is 0.0102. The first kappa shape index (κ1) is 29.5. The van der Waals surface area contributed by atoms with Crippen molar-refractivity contribution in [1.29, 1.82) is 5.26 Å². The van der Waals surface area contributed by atoms with E-state index in [1.165, 1.54) is 12.1 Å². The molecule has 0 radical (unpaired) electrons. The van der Waals surface area contributed by atoms with Gasteiger partial charge in [0, 0.05) is 22.4 Å². The Labute approximate surface area is 206 Å². The van der Waals surface area contributed by atoms with E-state index < -0.39 is 35.9 Å². The average molecular weight is 551 g/mol. The molecule has 5 N–H and O–H groups in total. The minimum Gasteiger partial charge on any atom is -0.475 e. The first-order valence-corrected chi connectivity index (χ1v) is 9.80. The van der Waals surface area contributed by atoms with E-state index in [1.807, 2.05) is 6.07 Å². The van der Waals surface area contributed by atoms with Gasteiger partial charge >= 0.3 is 24.3 Å². The predicted molar refractivity (Wildman–Crippen MR) is 111 cm³/mol. The van der Waals surface area contributed by atoms with Crippen LogP contribution in [0.5, 0.6) is 0 Å². The third-order valence-electron chi connectivity index (χ3n) is 4.74. The monoisotopic (exact) mass is 551 g/mol. The number of pyridine rings is 1. The highest BCUT2D eigenvalue weighted by Gasteiger charge is 2.39. The van der Waals surface area contributed by atoms with E-state index in [4.69, 9.17) is 25.5 Å². The topological polar surface area (TPSA) is 166 Å². The summed E-state index contributed by atoms with van der Waals surface area (Å²) in [7, 11) is 0. The number of aromatic nitrogens is 3. The van der Waals surface area contributed by atoms with Gasteiger partial charge in [0.15, 0.2) is 11.6 Å². The second-order valence-corrected chi connectivity index (χ2v) is 7.16. The van der Waals surface area contributed by atoms with Crippen molar-refractivity contribution in [2.75, 3.05) is 5.73 Å². The first-order valence-electron chi connectivity index (χ1n) is 9.80. The third-order valence-corrected chi connectivity index (χ3v) is 4.74. The lowest BCUT2D eigenvalue weighted by atomic mass is 9.85. The van der Waals surface area contributed by atoms with Gasteiger partial charge in [0.1, 0.15) is 17.5 Å². The third kappa shape index (κ3) is 6.52. The zero-order chi connectivity index (χ0) is 29.0. The van der Waals surface area contributed by atoms with Crippen molar-refractivity contribution in [3.05, 3.63) is 52.9 Å². The Kier molecular flexibility index (Phi) is 8.62. The molecule has 9 nitrogen and oxygen atoms in total. The number of nitrogens with one attached hydrogen (secondary N) is 1. The summed E-state index contributed by atoms with van der Waals surface area (Å²) < 4.78 is 91.6. The van der Waals surface area contributed by atoms with Crippen LogP contribution < -0.4 is 5.73 Å². The van der Waals surface area contributed by atoms with E-state index in [2.05, 4.69) is 15.2 Å². The van der Waals surface area contributed by atoms with Gasteiger partial charge in [0.25, 0.3) is 0 Å². The largest absolute Gasteiger partial charge is 0.490 e. The number of hydrogen-bond donors (Lipinski definition) is 4. The van der Waals surface area contributed by atoms with Crippen LogP contribution in [0.4, 0.5) is 40.9 Å². The Balaban J connectivity index is 0.000000301. The molecule has 0 fully saturated rings. The van der Waals surface area contributed by atoms with Crippen LogP contribution in [0.3, 0.4) is 0 Å². The van der Waals surface area contributed by atoms with Crippen molar-refractivity contribution < 1.29 is 54.9 Å². The zero-order valence-corrected chi connectivity index (χ0v) is 18.4. The Morgan fingerprint density at radius 3 is 2.05 bits per heavy atom. The number of carboxylic acids is 2. The van der Waals surface area contributed by atoms with Crippen molar-refractivity contribution in [2.45, 2.75) is 25.2 Å². The summed E-state index contributed by atoms with van der Waals surface area (Å²) in [5.74, 6) is -7.50. The standard InChI is InChI=1S/C17H11F2N5.2C2HF3O2/c18-12-3-1-2-8(15(12)19)14-9-4-5-13-11(7-22-24-13)16(9)23-17(21)10(14)6-20;2*3-2(4,5)1(6)7/h1-3,7H,4-5H2,(H2,21,23)(H,22,24);2*(H,6,7). The summed E-state index contributed by atoms with van der Waals surface area (Å²) >= 11 is 0. The number of nitriles is 1. The molecule has 0 bridgehead atoms. The quantitative estimate of drug-likeness (QED) is 0.326. The number of halogens is 8. The van der Waals surface area contributed by atoms with Gasteiger partial charge in [-0.05, 0) is 24.5 Å². The molecule has 1 aliphatic carbocycles. The average Bonchev–Trinajstić information content (AvgIpc) is 3.29. The second-order valence-electron chi connectivity index (χ2n) is 7.16. The number of aryl methyl sites for hydroxylation is 1. The fraction of sp³-hybridized carbons (Fsp3) is 0.190. The van der Waals surface area contributed by atoms with Gasteiger partial charge in [-0.2, -0.15) is 36.7 Å². The molecular weight excluding hydrogens is 538 g/mol. The van der Waals surface area contributed by atoms with Gasteiger partial charge in [-0.3, -0.25) is 5.10 Å². The lowest BCUT2D eigenvalue weighted by Crippen LogP contribution is -2.21. The second kappa shape index (κ2) is 11.1. The van der Waals surface area contributed by atoms with E-state index >= 15 is 0 Å². The SMILES string of the molecule is N#Cc1c(N)nc2c(c1-c1cccc(F)c1F)CCc1[nH]ncc1-2.O=C(O)C(F)(F)F.O=C(O)C(F)(F)F. The highest BCUT2D eigenvalue weighted by atomic mass is 19.4. The number of benzene rings is 1. The number of aromatic amines is 1. The molecule has 0 unspecified atom stereocenters. The van der Waals surface area contributed by atoms with E-state index in [0.717, 1.165) is 17.3 Å². The summed E-state index contributed by atoms with van der Waals surface area (Å²) in [4.78, 5) is 22.1. The highest BCUT2D eigenvalue weighted by Crippen LogP contribution is 2.41. The maximum absolute atomic E-state index is 14.4. The number of nitrogens with two attached hydrogens (primary N) is 1. The fourth-order valence-electron chi connectivity index (χ4n) is 3.17. The lowest BCUT2D eigenvalue weighted by molar-refractivity contribution is -0.193. The number of carbonyl (C=O) groups is 2. The molecule has 0 atom stereocenters. The molecule has 2 heterocycles. The molecule has 202 valence electrons. The Bertz CT molecular complexity index is 1390. The first-order chi connectivity index (χ1) is 17.5. The molecule has 0 saturated heterocycles. The normalized spacial score (nSPS) is 12.0. The molecule has 3 aromatic rings. The summed E-state index contributed by atoms with van der Waals surface area (Å²) in [6, 6.07) is 5.87. The maximum Gasteiger partial charge on any atom is 0.490 e. The smallest absolute Gasteiger partial charge is 0.475 e. The number of carboxylic acid groups (broad SMARTS) is 2. The Hall–Kier alpha value is -4.75. The van der Waals surface area contributed by atoms with E-state index in [1.54, 1.807) is 6.20 Å². The minimum atomic E-state index is -5.08. The molecule has 1 aliphatic rings. The van der Waals surface area contributed by atoms with Gasteiger partial charge in [0.2, 0.25) is 0 Å². The molecule has 1 aromatic carbocycles. The summed E-state index contributed by atoms with van der Waals surface area (Å²) in [5, 5.41) is 30.6. The molecule has 38 heavy (non-hydrogen) atoms.